The lowest BCUT2D eigenvalue weighted by molar-refractivity contribution is -0.135. The van der Waals surface area contributed by atoms with Crippen LogP contribution in [0.2, 0.25) is 0 Å². The summed E-state index contributed by atoms with van der Waals surface area (Å²) < 4.78 is 5.48. The van der Waals surface area contributed by atoms with Crippen LogP contribution in [0.4, 0.5) is 0 Å². The van der Waals surface area contributed by atoms with Crippen molar-refractivity contribution in [3.63, 3.8) is 0 Å². The number of nitrogens with one attached hydrogen (secondary N) is 1. The third kappa shape index (κ3) is 3.56. The lowest BCUT2D eigenvalue weighted by Gasteiger charge is -2.24. The minimum Gasteiger partial charge on any atom is -0.379 e. The Hall–Kier alpha value is -0.980. The quantitative estimate of drug-likeness (QED) is 0.863. The third-order valence-corrected chi connectivity index (χ3v) is 4.58. The molecule has 20 heavy (non-hydrogen) atoms. The summed E-state index contributed by atoms with van der Waals surface area (Å²) in [4.78, 5) is 19.7. The highest BCUT2D eigenvalue weighted by Crippen LogP contribution is 2.19. The zero-order valence-electron chi connectivity index (χ0n) is 12.4. The van der Waals surface area contributed by atoms with Gasteiger partial charge >= 0.3 is 0 Å². The summed E-state index contributed by atoms with van der Waals surface area (Å²) in [5.41, 5.74) is 2.84. The van der Waals surface area contributed by atoms with Gasteiger partial charge in [0.25, 0.3) is 0 Å². The van der Waals surface area contributed by atoms with Gasteiger partial charge < -0.3 is 15.0 Å². The van der Waals surface area contributed by atoms with Crippen LogP contribution < -0.4 is 5.32 Å². The molecule has 1 saturated heterocycles. The van der Waals surface area contributed by atoms with Crippen molar-refractivity contribution >= 4 is 17.2 Å². The number of aryl methyl sites for hydroxylation is 1. The third-order valence-electron chi connectivity index (χ3n) is 3.66. The van der Waals surface area contributed by atoms with Crippen molar-refractivity contribution in [2.24, 2.45) is 5.92 Å². The molecule has 2 heterocycles. The van der Waals surface area contributed by atoms with E-state index < -0.39 is 0 Å². The molecule has 2 atom stereocenters. The number of aromatic nitrogens is 1. The van der Waals surface area contributed by atoms with Gasteiger partial charge in [0.15, 0.2) is 0 Å². The second-order valence-electron chi connectivity index (χ2n) is 5.26. The van der Waals surface area contributed by atoms with Gasteiger partial charge in [-0.1, -0.05) is 6.92 Å². The minimum atomic E-state index is -0.0697. The maximum absolute atomic E-state index is 12.5. The standard InChI is InChI=1S/C14H23N3O2S/c1-4-5-15-12-8-19-7-11(12)14(18)17(3)6-13-10(2)16-9-20-13/h9,11-12,15H,4-8H2,1-3H3. The summed E-state index contributed by atoms with van der Waals surface area (Å²) in [5.74, 6) is 0.0867. The number of ether oxygens (including phenoxy) is 1. The van der Waals surface area contributed by atoms with E-state index in [0.717, 1.165) is 23.5 Å². The van der Waals surface area contributed by atoms with Crippen LogP contribution in [-0.4, -0.2) is 48.6 Å². The molecule has 112 valence electrons. The molecule has 0 radical (unpaired) electrons. The molecule has 6 heteroatoms. The maximum atomic E-state index is 12.5. The Morgan fingerprint density at radius 1 is 1.60 bits per heavy atom. The highest BCUT2D eigenvalue weighted by atomic mass is 32.1. The second kappa shape index (κ2) is 7.15. The molecule has 1 aromatic rings. The van der Waals surface area contributed by atoms with E-state index >= 15 is 0 Å². The topological polar surface area (TPSA) is 54.5 Å². The van der Waals surface area contributed by atoms with Crippen LogP contribution in [0.3, 0.4) is 0 Å². The fourth-order valence-electron chi connectivity index (χ4n) is 2.38. The average Bonchev–Trinajstić information content (AvgIpc) is 3.05. The highest BCUT2D eigenvalue weighted by molar-refractivity contribution is 7.09. The Labute approximate surface area is 124 Å². The molecule has 1 aliphatic heterocycles. The van der Waals surface area contributed by atoms with Crippen LogP contribution in [0, 0.1) is 12.8 Å². The molecule has 0 aliphatic carbocycles. The van der Waals surface area contributed by atoms with E-state index in [1.807, 2.05) is 19.5 Å². The van der Waals surface area contributed by atoms with Gasteiger partial charge in [-0.15, -0.1) is 11.3 Å². The molecule has 0 bridgehead atoms. The molecule has 1 aliphatic rings. The number of nitrogens with zero attached hydrogens (tertiary/aromatic N) is 2. The molecule has 2 rings (SSSR count). The molecule has 1 N–H and O–H groups in total. The number of thiazole rings is 1. The van der Waals surface area contributed by atoms with E-state index in [2.05, 4.69) is 17.2 Å². The molecule has 2 unspecified atom stereocenters. The van der Waals surface area contributed by atoms with Crippen molar-refractivity contribution < 1.29 is 9.53 Å². The van der Waals surface area contributed by atoms with Gasteiger partial charge in [0.2, 0.25) is 5.91 Å². The number of rotatable bonds is 6. The summed E-state index contributed by atoms with van der Waals surface area (Å²) in [7, 11) is 1.86. The first-order valence-corrected chi connectivity index (χ1v) is 7.96. The smallest absolute Gasteiger partial charge is 0.229 e. The van der Waals surface area contributed by atoms with Crippen LogP contribution in [0.5, 0.6) is 0 Å². The van der Waals surface area contributed by atoms with E-state index in [1.165, 1.54) is 0 Å². The van der Waals surface area contributed by atoms with E-state index in [4.69, 9.17) is 4.74 Å². The van der Waals surface area contributed by atoms with Gasteiger partial charge in [0.05, 0.1) is 36.9 Å². The van der Waals surface area contributed by atoms with E-state index in [9.17, 15) is 4.79 Å². The molecule has 0 spiro atoms. The predicted octanol–water partition coefficient (Wildman–Crippen LogP) is 1.42. The first-order chi connectivity index (χ1) is 9.63. The van der Waals surface area contributed by atoms with Crippen molar-refractivity contribution in [2.75, 3.05) is 26.8 Å². The van der Waals surface area contributed by atoms with Crippen molar-refractivity contribution in [2.45, 2.75) is 32.9 Å². The molecule has 1 aromatic heterocycles. The molecule has 0 saturated carbocycles. The normalized spacial score (nSPS) is 22.1. The Balaban J connectivity index is 1.93. The Morgan fingerprint density at radius 2 is 2.40 bits per heavy atom. The average molecular weight is 297 g/mol. The van der Waals surface area contributed by atoms with E-state index in [0.29, 0.717) is 19.8 Å². The van der Waals surface area contributed by atoms with Crippen molar-refractivity contribution in [1.29, 1.82) is 0 Å². The van der Waals surface area contributed by atoms with Crippen molar-refractivity contribution in [3.05, 3.63) is 16.1 Å². The summed E-state index contributed by atoms with van der Waals surface area (Å²) in [6.07, 6.45) is 1.06. The van der Waals surface area contributed by atoms with Gasteiger partial charge in [-0.2, -0.15) is 0 Å². The Kier molecular flexibility index (Phi) is 5.51. The van der Waals surface area contributed by atoms with E-state index in [1.54, 1.807) is 16.2 Å². The predicted molar refractivity (Wildman–Crippen MR) is 79.7 cm³/mol. The lowest BCUT2D eigenvalue weighted by atomic mass is 10.0. The number of hydrogen-bond acceptors (Lipinski definition) is 5. The van der Waals surface area contributed by atoms with Crippen LogP contribution >= 0.6 is 11.3 Å². The summed E-state index contributed by atoms with van der Waals surface area (Å²) in [6.45, 7) is 6.81. The second-order valence-corrected chi connectivity index (χ2v) is 6.20. The molecule has 1 amide bonds. The minimum absolute atomic E-state index is 0.0697. The molecule has 5 nitrogen and oxygen atoms in total. The van der Waals surface area contributed by atoms with E-state index in [-0.39, 0.29) is 17.9 Å². The summed E-state index contributed by atoms with van der Waals surface area (Å²) in [5, 5.41) is 3.41. The zero-order valence-corrected chi connectivity index (χ0v) is 13.2. The van der Waals surface area contributed by atoms with Crippen LogP contribution in [0.15, 0.2) is 5.51 Å². The number of carbonyl (C=O) groups excluding carboxylic acids is 1. The Bertz CT molecular complexity index is 449. The SMILES string of the molecule is CCCNC1COCC1C(=O)N(C)Cc1scnc1C. The van der Waals surface area contributed by atoms with Crippen LogP contribution in [0.25, 0.3) is 0 Å². The molecule has 1 fully saturated rings. The van der Waals surface area contributed by atoms with Gasteiger partial charge in [0.1, 0.15) is 0 Å². The van der Waals surface area contributed by atoms with Crippen LogP contribution in [0.1, 0.15) is 23.9 Å². The fourth-order valence-corrected chi connectivity index (χ4v) is 3.21. The number of carbonyl (C=O) groups is 1. The molecular formula is C14H23N3O2S. The van der Waals surface area contributed by atoms with Crippen LogP contribution in [-0.2, 0) is 16.1 Å². The van der Waals surface area contributed by atoms with Gasteiger partial charge in [-0.3, -0.25) is 4.79 Å². The largest absolute Gasteiger partial charge is 0.379 e. The summed E-state index contributed by atoms with van der Waals surface area (Å²) in [6, 6.07) is 0.146. The highest BCUT2D eigenvalue weighted by Gasteiger charge is 2.35. The monoisotopic (exact) mass is 297 g/mol. The molecule has 0 aromatic carbocycles. The summed E-state index contributed by atoms with van der Waals surface area (Å²) >= 11 is 1.60. The maximum Gasteiger partial charge on any atom is 0.229 e. The first-order valence-electron chi connectivity index (χ1n) is 7.08. The van der Waals surface area contributed by atoms with Crippen molar-refractivity contribution in [3.8, 4) is 0 Å². The first kappa shape index (κ1) is 15.4. The Morgan fingerprint density at radius 3 is 3.05 bits per heavy atom. The number of hydrogen-bond donors (Lipinski definition) is 1. The van der Waals surface area contributed by atoms with Gasteiger partial charge in [-0.05, 0) is 19.9 Å². The van der Waals surface area contributed by atoms with Gasteiger partial charge in [0, 0.05) is 18.0 Å². The zero-order chi connectivity index (χ0) is 14.5. The fraction of sp³-hybridized carbons (Fsp3) is 0.714. The molecular weight excluding hydrogens is 274 g/mol. The van der Waals surface area contributed by atoms with Gasteiger partial charge in [-0.25, -0.2) is 4.98 Å². The lowest BCUT2D eigenvalue weighted by Crippen LogP contribution is -2.44. The number of amides is 1. The van der Waals surface area contributed by atoms with Crippen molar-refractivity contribution in [1.82, 2.24) is 15.2 Å².